The number of amides is 1. The Morgan fingerprint density at radius 3 is 2.54 bits per heavy atom. The summed E-state index contributed by atoms with van der Waals surface area (Å²) in [5.41, 5.74) is 2.45. The number of nitrogens with zero attached hydrogens (tertiary/aromatic N) is 2. The van der Waals surface area contributed by atoms with E-state index in [1.807, 2.05) is 19.9 Å². The molecule has 0 spiro atoms. The van der Waals surface area contributed by atoms with Crippen LogP contribution in [0.15, 0.2) is 30.5 Å². The van der Waals surface area contributed by atoms with Gasteiger partial charge < -0.3 is 19.5 Å². The fraction of sp³-hybridized carbons (Fsp3) is 0.481. The lowest BCUT2D eigenvalue weighted by Crippen LogP contribution is -2.32. The van der Waals surface area contributed by atoms with Crippen LogP contribution in [-0.4, -0.2) is 37.6 Å². The van der Waals surface area contributed by atoms with Crippen LogP contribution in [0.1, 0.15) is 72.8 Å². The molecule has 1 aliphatic carbocycles. The summed E-state index contributed by atoms with van der Waals surface area (Å²) >= 11 is 0. The number of aryl methyl sites for hydroxylation is 1. The predicted molar refractivity (Wildman–Crippen MR) is 130 cm³/mol. The molecular weight excluding hydrogens is 446 g/mol. The molecule has 1 saturated carbocycles. The third kappa shape index (κ3) is 6.50. The smallest absolute Gasteiger partial charge is 0.308 e. The number of rotatable bonds is 9. The van der Waals surface area contributed by atoms with Gasteiger partial charge in [-0.05, 0) is 69.2 Å². The predicted octanol–water partition coefficient (Wildman–Crippen LogP) is 4.37. The molecular formula is C27H33N3O5. The molecule has 0 radical (unpaired) electrons. The first-order valence-electron chi connectivity index (χ1n) is 12.0. The van der Waals surface area contributed by atoms with Gasteiger partial charge in [-0.25, -0.2) is 0 Å². The first-order valence-corrected chi connectivity index (χ1v) is 12.0. The molecule has 3 rings (SSSR count). The van der Waals surface area contributed by atoms with Crippen molar-refractivity contribution in [3.8, 4) is 17.6 Å². The summed E-state index contributed by atoms with van der Waals surface area (Å²) in [5, 5.41) is 12.6. The van der Waals surface area contributed by atoms with Gasteiger partial charge in [0.15, 0.2) is 0 Å². The van der Waals surface area contributed by atoms with E-state index in [-0.39, 0.29) is 29.5 Å². The lowest BCUT2D eigenvalue weighted by Gasteiger charge is -2.27. The molecule has 1 N–H and O–H groups in total. The van der Waals surface area contributed by atoms with Crippen molar-refractivity contribution in [2.45, 2.75) is 52.1 Å². The zero-order valence-corrected chi connectivity index (χ0v) is 20.8. The van der Waals surface area contributed by atoms with Crippen LogP contribution >= 0.6 is 0 Å². The van der Waals surface area contributed by atoms with Gasteiger partial charge in [-0.15, -0.1) is 0 Å². The van der Waals surface area contributed by atoms with Crippen LogP contribution in [0.4, 0.5) is 0 Å². The van der Waals surface area contributed by atoms with Crippen molar-refractivity contribution < 1.29 is 23.8 Å². The van der Waals surface area contributed by atoms with Gasteiger partial charge in [0.25, 0.3) is 5.91 Å². The molecule has 0 unspecified atom stereocenters. The van der Waals surface area contributed by atoms with Crippen LogP contribution in [0, 0.1) is 23.2 Å². The summed E-state index contributed by atoms with van der Waals surface area (Å²) in [6.07, 6.45) is 5.36. The molecule has 1 fully saturated rings. The van der Waals surface area contributed by atoms with Gasteiger partial charge in [0.05, 0.1) is 31.9 Å². The van der Waals surface area contributed by atoms with E-state index in [1.165, 1.54) is 7.11 Å². The fourth-order valence-electron chi connectivity index (χ4n) is 4.41. The topological polar surface area (TPSA) is 111 Å². The van der Waals surface area contributed by atoms with Gasteiger partial charge in [0.2, 0.25) is 0 Å². The Morgan fingerprint density at radius 1 is 1.17 bits per heavy atom. The van der Waals surface area contributed by atoms with Gasteiger partial charge in [0.1, 0.15) is 23.7 Å². The molecule has 0 saturated heterocycles. The molecule has 1 heterocycles. The van der Waals surface area contributed by atoms with Crippen molar-refractivity contribution in [3.05, 3.63) is 52.8 Å². The van der Waals surface area contributed by atoms with Crippen LogP contribution in [0.5, 0.6) is 11.5 Å². The van der Waals surface area contributed by atoms with Crippen molar-refractivity contribution in [2.75, 3.05) is 20.8 Å². The Bertz CT molecular complexity index is 1090. The highest BCUT2D eigenvalue weighted by Gasteiger charge is 2.27. The number of hydrogen-bond donors (Lipinski definition) is 1. The summed E-state index contributed by atoms with van der Waals surface area (Å²) in [7, 11) is 3.00. The van der Waals surface area contributed by atoms with E-state index in [1.54, 1.807) is 31.5 Å². The molecule has 1 aromatic carbocycles. The number of nitriles is 1. The Morgan fingerprint density at radius 2 is 1.91 bits per heavy atom. The van der Waals surface area contributed by atoms with Crippen molar-refractivity contribution in [2.24, 2.45) is 11.8 Å². The summed E-state index contributed by atoms with van der Waals surface area (Å²) < 4.78 is 16.3. The van der Waals surface area contributed by atoms with E-state index in [0.717, 1.165) is 43.4 Å². The van der Waals surface area contributed by atoms with Crippen molar-refractivity contribution >= 4 is 11.9 Å². The largest absolute Gasteiger partial charge is 0.495 e. The first kappa shape index (κ1) is 26.0. The SMILES string of the molecule is CCc1cc([C@@H](C)Oc2ccc(C(=O)NCC3CCC(C(=O)OC)CC3)cc2C#N)c(OC)cn1. The quantitative estimate of drug-likeness (QED) is 0.532. The number of ether oxygens (including phenoxy) is 3. The minimum Gasteiger partial charge on any atom is -0.495 e. The number of carbonyl (C=O) groups excluding carboxylic acids is 2. The first-order chi connectivity index (χ1) is 16.9. The van der Waals surface area contributed by atoms with Crippen LogP contribution in [0.2, 0.25) is 0 Å². The van der Waals surface area contributed by atoms with Gasteiger partial charge in [-0.3, -0.25) is 14.6 Å². The second-order valence-electron chi connectivity index (χ2n) is 8.80. The van der Waals surface area contributed by atoms with Crippen LogP contribution < -0.4 is 14.8 Å². The van der Waals surface area contributed by atoms with E-state index >= 15 is 0 Å². The highest BCUT2D eigenvalue weighted by atomic mass is 16.5. The average molecular weight is 480 g/mol. The fourth-order valence-corrected chi connectivity index (χ4v) is 4.41. The summed E-state index contributed by atoms with van der Waals surface area (Å²) in [6, 6.07) is 8.93. The van der Waals surface area contributed by atoms with Crippen LogP contribution in [0.3, 0.4) is 0 Å². The number of nitrogens with one attached hydrogen (secondary N) is 1. The molecule has 1 atom stereocenters. The Kier molecular flexibility index (Phi) is 9.07. The van der Waals surface area contributed by atoms with E-state index in [4.69, 9.17) is 14.2 Å². The Hall–Kier alpha value is -3.60. The molecule has 186 valence electrons. The second kappa shape index (κ2) is 12.2. The molecule has 35 heavy (non-hydrogen) atoms. The zero-order chi connectivity index (χ0) is 25.4. The number of carbonyl (C=O) groups is 2. The Balaban J connectivity index is 1.63. The maximum atomic E-state index is 12.7. The zero-order valence-electron chi connectivity index (χ0n) is 20.8. The van der Waals surface area contributed by atoms with Gasteiger partial charge >= 0.3 is 5.97 Å². The minimum atomic E-state index is -0.384. The molecule has 1 amide bonds. The molecule has 0 bridgehead atoms. The third-order valence-corrected chi connectivity index (χ3v) is 6.57. The van der Waals surface area contributed by atoms with Crippen LogP contribution in [0.25, 0.3) is 0 Å². The van der Waals surface area contributed by atoms with E-state index in [9.17, 15) is 14.9 Å². The lowest BCUT2D eigenvalue weighted by atomic mass is 9.82. The highest BCUT2D eigenvalue weighted by molar-refractivity contribution is 5.94. The minimum absolute atomic E-state index is 0.0410. The van der Waals surface area contributed by atoms with Crippen molar-refractivity contribution in [1.29, 1.82) is 5.26 Å². The average Bonchev–Trinajstić information content (AvgIpc) is 2.91. The van der Waals surface area contributed by atoms with Gasteiger partial charge in [-0.2, -0.15) is 5.26 Å². The molecule has 8 nitrogen and oxygen atoms in total. The lowest BCUT2D eigenvalue weighted by molar-refractivity contribution is -0.146. The van der Waals surface area contributed by atoms with Crippen molar-refractivity contribution in [3.63, 3.8) is 0 Å². The van der Waals surface area contributed by atoms with Gasteiger partial charge in [0, 0.05) is 23.4 Å². The monoisotopic (exact) mass is 479 g/mol. The number of hydrogen-bond acceptors (Lipinski definition) is 7. The summed E-state index contributed by atoms with van der Waals surface area (Å²) in [5.74, 6) is 0.906. The second-order valence-corrected chi connectivity index (χ2v) is 8.80. The maximum absolute atomic E-state index is 12.7. The number of aromatic nitrogens is 1. The molecule has 0 aliphatic heterocycles. The third-order valence-electron chi connectivity index (χ3n) is 6.57. The van der Waals surface area contributed by atoms with E-state index < -0.39 is 0 Å². The molecule has 8 heteroatoms. The maximum Gasteiger partial charge on any atom is 0.308 e. The van der Waals surface area contributed by atoms with E-state index in [2.05, 4.69) is 16.4 Å². The Labute approximate surface area is 206 Å². The highest BCUT2D eigenvalue weighted by Crippen LogP contribution is 2.32. The molecule has 1 aliphatic rings. The standard InChI is InChI=1S/C27H33N3O5/c1-5-22-13-23(25(33-3)16-29-22)17(2)35-24-11-10-20(12-21(24)14-28)26(31)30-15-18-6-8-19(9-7-18)27(32)34-4/h10-13,16-19H,5-9,15H2,1-4H3,(H,30,31)/t17-,18?,19?/m1/s1. The number of methoxy groups -OCH3 is 2. The number of pyridine rings is 1. The number of esters is 1. The molecule has 1 aromatic heterocycles. The molecule has 2 aromatic rings. The van der Waals surface area contributed by atoms with Crippen molar-refractivity contribution in [1.82, 2.24) is 10.3 Å². The summed E-state index contributed by atoms with van der Waals surface area (Å²) in [6.45, 7) is 4.44. The number of benzene rings is 1. The summed E-state index contributed by atoms with van der Waals surface area (Å²) in [4.78, 5) is 28.8. The van der Waals surface area contributed by atoms with Gasteiger partial charge in [-0.1, -0.05) is 6.92 Å². The normalized spacial score (nSPS) is 18.1. The van der Waals surface area contributed by atoms with Crippen LogP contribution in [-0.2, 0) is 16.0 Å². The van der Waals surface area contributed by atoms with E-state index in [0.29, 0.717) is 29.5 Å².